The molecule has 33 nitrogen and oxygen atoms in total. The third-order valence-corrected chi connectivity index (χ3v) is 24.1. The number of piperidine rings is 4. The van der Waals surface area contributed by atoms with E-state index in [0.29, 0.717) is 106 Å². The zero-order valence-electron chi connectivity index (χ0n) is 72.1. The van der Waals surface area contributed by atoms with Gasteiger partial charge in [0.05, 0.1) is 72.0 Å². The van der Waals surface area contributed by atoms with Crippen LogP contribution in [0.3, 0.4) is 0 Å². The number of amides is 1. The summed E-state index contributed by atoms with van der Waals surface area (Å²) in [4.78, 5) is 57.2. The van der Waals surface area contributed by atoms with Gasteiger partial charge in [0.25, 0.3) is 0 Å². The summed E-state index contributed by atoms with van der Waals surface area (Å²) in [5.41, 5.74) is 30.7. The molecule has 7 fully saturated rings. The monoisotopic (exact) mass is 1620 g/mol. The summed E-state index contributed by atoms with van der Waals surface area (Å²) in [6, 6.07) is 2.95. The average molecular weight is 1620 g/mol. The van der Waals surface area contributed by atoms with Crippen LogP contribution in [-0.4, -0.2) is 244 Å². The van der Waals surface area contributed by atoms with E-state index in [2.05, 4.69) is 119 Å². The summed E-state index contributed by atoms with van der Waals surface area (Å²) in [5, 5.41) is 28.9. The van der Waals surface area contributed by atoms with E-state index in [1.807, 2.05) is 87.2 Å². The van der Waals surface area contributed by atoms with Gasteiger partial charge in [0.2, 0.25) is 0 Å². The molecule has 0 spiro atoms. The van der Waals surface area contributed by atoms with Crippen LogP contribution in [0.2, 0.25) is 0 Å². The number of imidazole rings is 4. The number of fused-ring (bicyclic) bond motifs is 4. The first-order chi connectivity index (χ1) is 56.5. The highest BCUT2D eigenvalue weighted by atomic mass is 16.6. The lowest BCUT2D eigenvalue weighted by atomic mass is 9.92. The van der Waals surface area contributed by atoms with Crippen LogP contribution >= 0.6 is 0 Å². The summed E-state index contributed by atoms with van der Waals surface area (Å²) in [5.74, 6) is 3.99. The molecular weight excluding hydrogens is 1480 g/mol. The van der Waals surface area contributed by atoms with Gasteiger partial charge in [0.1, 0.15) is 5.60 Å². The second kappa shape index (κ2) is 42.5. The van der Waals surface area contributed by atoms with Crippen molar-refractivity contribution in [3.8, 4) is 24.0 Å². The molecule has 11 N–H and O–H groups in total. The molecule has 0 aromatic carbocycles. The maximum absolute atomic E-state index is 12.6. The normalized spacial score (nSPS) is 20.9. The van der Waals surface area contributed by atoms with Crippen molar-refractivity contribution in [2.24, 2.45) is 23.7 Å². The van der Waals surface area contributed by atoms with E-state index in [-0.39, 0.29) is 36.6 Å². The molecule has 7 aliphatic heterocycles. The molecule has 0 saturated carbocycles. The van der Waals surface area contributed by atoms with Gasteiger partial charge in [-0.2, -0.15) is 19.9 Å². The lowest BCUT2D eigenvalue weighted by molar-refractivity contribution is 0.0184. The first-order valence-electron chi connectivity index (χ1n) is 44.5. The molecule has 1 amide bonds. The summed E-state index contributed by atoms with van der Waals surface area (Å²) < 4.78 is 36.4. The zero-order valence-corrected chi connectivity index (χ0v) is 72.1. The SMILES string of the molecule is CCC[C@H](C)Oc1nc(N)c2ncc(CC3CCN(CC4CCCN4)CC3)n2n1.CCC[C@H](C)Oc1nc(N)c2ncc(CC3CCN(CC4CCCN4)CC3)n2n1.CCC[C@H](C)Oc1nc(N)c2ncc(CC3CCN(CC4CCCN4C(=O)OC(C)(C)C)CC3)n2n1.CCC[C@H](C)Oc1nc(N)c2ncc(CC3CCNCC3)n2n1. The third-order valence-electron chi connectivity index (χ3n) is 24.1. The fraction of sp³-hybridized carbons (Fsp3) is 0.750. The molecule has 33 heteroatoms. The van der Waals surface area contributed by atoms with Crippen LogP contribution in [0.5, 0.6) is 24.0 Å². The number of likely N-dealkylation sites (tertiary alicyclic amines) is 4. The number of carbonyl (C=O) groups is 1. The number of aromatic nitrogens is 16. The van der Waals surface area contributed by atoms with Crippen LogP contribution < -0.4 is 57.8 Å². The Balaban J connectivity index is 0.000000145. The number of rotatable bonds is 30. The van der Waals surface area contributed by atoms with Crippen LogP contribution in [-0.2, 0) is 30.4 Å². The van der Waals surface area contributed by atoms with Crippen molar-refractivity contribution in [3.05, 3.63) is 47.6 Å². The van der Waals surface area contributed by atoms with Gasteiger partial charge in [0, 0.05) is 44.3 Å². The number of nitrogens with zero attached hydrogens (tertiary/aromatic N) is 20. The number of ether oxygens (including phenoxy) is 5. The minimum Gasteiger partial charge on any atom is -0.459 e. The fourth-order valence-electron chi connectivity index (χ4n) is 17.8. The van der Waals surface area contributed by atoms with Gasteiger partial charge in [-0.3, -0.25) is 0 Å². The Morgan fingerprint density at radius 1 is 0.419 bits per heavy atom. The molecule has 117 heavy (non-hydrogen) atoms. The predicted octanol–water partition coefficient (Wildman–Crippen LogP) is 10.3. The molecule has 8 aromatic rings. The molecule has 15 rings (SSSR count). The van der Waals surface area contributed by atoms with Gasteiger partial charge >= 0.3 is 30.1 Å². The predicted molar refractivity (Wildman–Crippen MR) is 457 cm³/mol. The largest absolute Gasteiger partial charge is 0.459 e. The van der Waals surface area contributed by atoms with Gasteiger partial charge in [-0.25, -0.2) is 42.8 Å². The van der Waals surface area contributed by atoms with E-state index < -0.39 is 5.60 Å². The van der Waals surface area contributed by atoms with E-state index in [1.165, 1.54) is 117 Å². The molecule has 0 aliphatic carbocycles. The van der Waals surface area contributed by atoms with E-state index in [0.717, 1.165) is 165 Å². The number of hydrogen-bond acceptors (Lipinski definition) is 28. The minimum absolute atomic E-state index is 0.0364. The Morgan fingerprint density at radius 3 is 1.02 bits per heavy atom. The highest BCUT2D eigenvalue weighted by Crippen LogP contribution is 2.31. The third kappa shape index (κ3) is 25.1. The number of nitrogens with one attached hydrogen (secondary N) is 3. The standard InChI is InChI=1S/C26H43N7O3.2C21H35N7O.C16H26N6O/c1-6-8-18(2)35-24-29-22(27)23-28-16-21(33(23)30-24)15-19-10-13-31(14-11-19)17-20-9-7-12-32(20)25(34)36-26(3,4)5;2*1-3-5-15(2)29-21-25-19(22)20-24-13-18(28(20)26-21)12-16-7-10-27(11-8-16)14-17-6-4-9-23-17;1-3-4-11(2)23-16-20-14(17)15-19-10-13(22(15)21-16)9-12-5-7-18-8-6-12/h16,18-20H,6-15,17H2,1-5H3,(H2,27,29,30);2*13,15-17,23H,3-12,14H2,1-2H3,(H2,22,25,26);10-12,18H,3-9H2,1-2H3,(H2,17,20,21)/t18-,20?;2*15-,17?;11-/m0000/s1. The maximum Gasteiger partial charge on any atom is 0.410 e. The molecular formula is C84H139N27O6. The van der Waals surface area contributed by atoms with Gasteiger partial charge in [-0.15, -0.1) is 20.4 Å². The highest BCUT2D eigenvalue weighted by molar-refractivity contribution is 5.69. The molecule has 8 aromatic heterocycles. The van der Waals surface area contributed by atoms with Crippen molar-refractivity contribution in [2.45, 2.75) is 291 Å². The van der Waals surface area contributed by atoms with Crippen molar-refractivity contribution in [1.29, 1.82) is 0 Å². The number of hydrogen-bond donors (Lipinski definition) is 7. The summed E-state index contributed by atoms with van der Waals surface area (Å²) in [6.07, 6.45) is 36.3. The number of nitrogens with two attached hydrogens (primary N) is 4. The first-order valence-corrected chi connectivity index (χ1v) is 44.5. The van der Waals surface area contributed by atoms with E-state index >= 15 is 0 Å². The summed E-state index contributed by atoms with van der Waals surface area (Å²) >= 11 is 0. The number of carbonyl (C=O) groups excluding carboxylic acids is 1. The van der Waals surface area contributed by atoms with Gasteiger partial charge in [-0.1, -0.05) is 53.4 Å². The van der Waals surface area contributed by atoms with Crippen LogP contribution in [0.15, 0.2) is 24.8 Å². The molecule has 7 atom stereocenters. The van der Waals surface area contributed by atoms with Crippen molar-refractivity contribution in [1.82, 2.24) is 114 Å². The molecule has 7 saturated heterocycles. The van der Waals surface area contributed by atoms with Gasteiger partial charge < -0.3 is 82.2 Å². The van der Waals surface area contributed by atoms with Crippen molar-refractivity contribution >= 4 is 52.0 Å². The lowest BCUT2D eigenvalue weighted by Gasteiger charge is -2.36. The van der Waals surface area contributed by atoms with E-state index in [1.54, 1.807) is 9.03 Å². The second-order valence-corrected chi connectivity index (χ2v) is 35.2. The van der Waals surface area contributed by atoms with Crippen LogP contribution in [0.25, 0.3) is 22.6 Å². The van der Waals surface area contributed by atoms with Gasteiger partial charge in [0.15, 0.2) is 45.9 Å². The molecule has 15 heterocycles. The van der Waals surface area contributed by atoms with Crippen molar-refractivity contribution < 1.29 is 28.5 Å². The Hall–Kier alpha value is -8.37. The molecule has 0 radical (unpaired) electrons. The lowest BCUT2D eigenvalue weighted by Crippen LogP contribution is -2.47. The molecule has 3 unspecified atom stereocenters. The van der Waals surface area contributed by atoms with E-state index in [9.17, 15) is 4.79 Å². The average Bonchev–Trinajstić information content (AvgIpc) is 1.68. The summed E-state index contributed by atoms with van der Waals surface area (Å²) in [7, 11) is 0. The smallest absolute Gasteiger partial charge is 0.410 e. The second-order valence-electron chi connectivity index (χ2n) is 35.2. The Kier molecular flexibility index (Phi) is 32.0. The zero-order chi connectivity index (χ0) is 82.5. The maximum atomic E-state index is 12.6. The summed E-state index contributed by atoms with van der Waals surface area (Å²) in [6.45, 7) is 37.8. The minimum atomic E-state index is -0.462. The van der Waals surface area contributed by atoms with Crippen LogP contribution in [0.4, 0.5) is 28.1 Å². The Bertz CT molecular complexity index is 4220. The fourth-order valence-corrected chi connectivity index (χ4v) is 17.8. The number of anilines is 4. The molecule has 7 aliphatic rings. The van der Waals surface area contributed by atoms with Crippen molar-refractivity contribution in [3.63, 3.8) is 0 Å². The van der Waals surface area contributed by atoms with Crippen molar-refractivity contribution in [2.75, 3.05) is 115 Å². The number of nitrogen functional groups attached to an aromatic ring is 4. The highest BCUT2D eigenvalue weighted by Gasteiger charge is 2.36. The van der Waals surface area contributed by atoms with Gasteiger partial charge in [-0.05, 0) is 279 Å². The Morgan fingerprint density at radius 2 is 0.726 bits per heavy atom. The van der Waals surface area contributed by atoms with Crippen LogP contribution in [0.1, 0.15) is 240 Å². The quantitative estimate of drug-likeness (QED) is 0.0220. The molecule has 646 valence electrons. The Labute approximate surface area is 692 Å². The first kappa shape index (κ1) is 87.9. The van der Waals surface area contributed by atoms with Crippen LogP contribution in [0, 0.1) is 23.7 Å². The molecule has 0 bridgehead atoms. The van der Waals surface area contributed by atoms with E-state index in [4.69, 9.17) is 46.6 Å². The topological polar surface area (TPSA) is 389 Å².